The van der Waals surface area contributed by atoms with Gasteiger partial charge in [0.25, 0.3) is 0 Å². The first-order valence-corrected chi connectivity index (χ1v) is 17.0. The Labute approximate surface area is 297 Å². The minimum Gasteiger partial charge on any atom is -0.478 e. The Bertz CT molecular complexity index is 1650. The molecule has 278 valence electrons. The number of methoxy groups -OCH3 is 4. The van der Waals surface area contributed by atoms with Gasteiger partial charge in [-0.05, 0) is 30.5 Å². The fourth-order valence-corrected chi connectivity index (χ4v) is 6.15. The molecule has 5 rings (SSSR count). The van der Waals surface area contributed by atoms with Gasteiger partial charge in [-0.25, -0.2) is 19.2 Å². The lowest BCUT2D eigenvalue weighted by Crippen LogP contribution is -2.49. The van der Waals surface area contributed by atoms with Gasteiger partial charge < -0.3 is 48.6 Å². The van der Waals surface area contributed by atoms with Crippen LogP contribution in [0.25, 0.3) is 11.0 Å². The van der Waals surface area contributed by atoms with E-state index in [-0.39, 0.29) is 25.1 Å². The van der Waals surface area contributed by atoms with Crippen LogP contribution < -0.4 is 19.6 Å². The van der Waals surface area contributed by atoms with Gasteiger partial charge in [0.15, 0.2) is 11.6 Å². The number of benzene rings is 1. The van der Waals surface area contributed by atoms with Crippen molar-refractivity contribution in [2.75, 3.05) is 127 Å². The van der Waals surface area contributed by atoms with Crippen LogP contribution in [0.3, 0.4) is 0 Å². The Balaban J connectivity index is 1.71. The largest absolute Gasteiger partial charge is 0.478 e. The number of aromatic carboxylic acids is 1. The summed E-state index contributed by atoms with van der Waals surface area (Å²) in [4.78, 5) is 54.6. The summed E-state index contributed by atoms with van der Waals surface area (Å²) >= 11 is 0. The molecule has 17 heteroatoms. The molecule has 1 aromatic carbocycles. The van der Waals surface area contributed by atoms with E-state index in [1.54, 1.807) is 46.5 Å². The lowest BCUT2D eigenvalue weighted by Gasteiger charge is -2.35. The summed E-state index contributed by atoms with van der Waals surface area (Å²) in [6.45, 7) is 5.14. The van der Waals surface area contributed by atoms with E-state index in [0.29, 0.717) is 106 Å². The van der Waals surface area contributed by atoms with E-state index < -0.39 is 17.3 Å². The van der Waals surface area contributed by atoms with Crippen LogP contribution in [-0.2, 0) is 30.3 Å². The summed E-state index contributed by atoms with van der Waals surface area (Å²) in [6, 6.07) is 4.03. The molecule has 0 unspecified atom stereocenters. The van der Waals surface area contributed by atoms with Crippen LogP contribution in [0.1, 0.15) is 28.8 Å². The van der Waals surface area contributed by atoms with Crippen molar-refractivity contribution >= 4 is 46.4 Å². The predicted octanol–water partition coefficient (Wildman–Crippen LogP) is 1.90. The topological polar surface area (TPSA) is 159 Å². The van der Waals surface area contributed by atoms with Crippen LogP contribution in [0.5, 0.6) is 0 Å². The first-order valence-electron chi connectivity index (χ1n) is 17.0. The smallest absolute Gasteiger partial charge is 0.338 e. The number of piperazine rings is 1. The summed E-state index contributed by atoms with van der Waals surface area (Å²) in [5.74, 6) is -0.370. The fourth-order valence-electron chi connectivity index (χ4n) is 6.15. The number of carbonyl (C=O) groups is 2. The number of carbonyl (C=O) groups excluding carboxylic acids is 1. The van der Waals surface area contributed by atoms with Crippen molar-refractivity contribution in [2.24, 2.45) is 0 Å². The van der Waals surface area contributed by atoms with Crippen LogP contribution >= 0.6 is 0 Å². The molecular weight excluding hydrogens is 665 g/mol. The van der Waals surface area contributed by atoms with Gasteiger partial charge >= 0.3 is 5.97 Å². The average molecular weight is 714 g/mol. The number of aromatic nitrogens is 4. The van der Waals surface area contributed by atoms with E-state index in [1.165, 1.54) is 12.1 Å². The second kappa shape index (κ2) is 17.7. The van der Waals surface area contributed by atoms with Crippen molar-refractivity contribution in [1.82, 2.24) is 24.8 Å². The van der Waals surface area contributed by atoms with Crippen LogP contribution in [0, 0.1) is 5.82 Å². The number of carboxylic acid groups (broad SMARTS) is 1. The molecule has 1 amide bonds. The van der Waals surface area contributed by atoms with E-state index in [1.807, 2.05) is 14.7 Å². The minimum absolute atomic E-state index is 0.0576. The molecular formula is C34H48FN9O7. The Morgan fingerprint density at radius 1 is 0.843 bits per heavy atom. The highest BCUT2D eigenvalue weighted by Crippen LogP contribution is 2.35. The van der Waals surface area contributed by atoms with Gasteiger partial charge in [-0.15, -0.1) is 0 Å². The van der Waals surface area contributed by atoms with E-state index >= 15 is 0 Å². The molecule has 1 N–H and O–H groups in total. The molecule has 0 spiro atoms. The Morgan fingerprint density at radius 2 is 1.41 bits per heavy atom. The van der Waals surface area contributed by atoms with Crippen LogP contribution in [-0.4, -0.2) is 156 Å². The van der Waals surface area contributed by atoms with Crippen molar-refractivity contribution in [1.29, 1.82) is 0 Å². The van der Waals surface area contributed by atoms with Gasteiger partial charge in [0.1, 0.15) is 16.9 Å². The lowest BCUT2D eigenvalue weighted by atomic mass is 10.1. The quantitative estimate of drug-likeness (QED) is 0.216. The normalized spacial score (nSPS) is 15.6. The van der Waals surface area contributed by atoms with Gasteiger partial charge in [-0.3, -0.25) is 4.79 Å². The molecule has 4 heterocycles. The molecule has 2 fully saturated rings. The second-order valence-electron chi connectivity index (χ2n) is 12.6. The number of nitrogens with zero attached hydrogens (tertiary/aromatic N) is 9. The summed E-state index contributed by atoms with van der Waals surface area (Å²) in [5, 5.41) is 9.37. The third-order valence-corrected chi connectivity index (χ3v) is 9.21. The zero-order valence-corrected chi connectivity index (χ0v) is 30.0. The second-order valence-corrected chi connectivity index (χ2v) is 12.6. The molecule has 51 heavy (non-hydrogen) atoms. The van der Waals surface area contributed by atoms with Crippen LogP contribution in [0.4, 0.5) is 27.9 Å². The van der Waals surface area contributed by atoms with Gasteiger partial charge in [0, 0.05) is 87.8 Å². The maximum absolute atomic E-state index is 14.8. The summed E-state index contributed by atoms with van der Waals surface area (Å²) < 4.78 is 36.7. The Kier molecular flexibility index (Phi) is 13.1. The van der Waals surface area contributed by atoms with E-state index in [2.05, 4.69) is 4.90 Å². The number of likely N-dealkylation sites (N-methyl/N-ethyl adjacent to an activating group) is 1. The van der Waals surface area contributed by atoms with Gasteiger partial charge in [0.05, 0.1) is 38.0 Å². The van der Waals surface area contributed by atoms with E-state index in [9.17, 15) is 19.1 Å². The number of halogens is 1. The average Bonchev–Trinajstić information content (AvgIpc) is 3.13. The Morgan fingerprint density at radius 3 is 1.94 bits per heavy atom. The SMILES string of the molecule is COCCN(Cc1ccc(C(=O)O)c(F)c1)c1nc(N2CCN(C)C(=O)C2)c2nc(N(CCOC)CCOC)nc(N3CCC(OC)CC3)c2n1. The molecule has 0 aliphatic carbocycles. The van der Waals surface area contributed by atoms with Gasteiger partial charge in [-0.2, -0.15) is 9.97 Å². The molecule has 16 nitrogen and oxygen atoms in total. The van der Waals surface area contributed by atoms with Crippen molar-refractivity contribution in [3.63, 3.8) is 0 Å². The highest BCUT2D eigenvalue weighted by Gasteiger charge is 2.31. The fraction of sp³-hybridized carbons (Fsp3) is 0.588. The van der Waals surface area contributed by atoms with Crippen molar-refractivity contribution in [3.05, 3.63) is 35.1 Å². The maximum atomic E-state index is 14.8. The van der Waals surface area contributed by atoms with Crippen molar-refractivity contribution in [2.45, 2.75) is 25.5 Å². The third-order valence-electron chi connectivity index (χ3n) is 9.21. The number of ether oxygens (including phenoxy) is 4. The van der Waals surface area contributed by atoms with E-state index in [0.717, 1.165) is 12.8 Å². The number of fused-ring (bicyclic) bond motifs is 1. The molecule has 2 aliphatic rings. The number of hydrogen-bond donors (Lipinski definition) is 1. The molecule has 0 bridgehead atoms. The number of amides is 1. The minimum atomic E-state index is -1.34. The third kappa shape index (κ3) is 9.08. The molecule has 3 aromatic rings. The van der Waals surface area contributed by atoms with Crippen molar-refractivity contribution in [3.8, 4) is 0 Å². The molecule has 2 aromatic heterocycles. The zero-order valence-electron chi connectivity index (χ0n) is 30.0. The monoisotopic (exact) mass is 713 g/mol. The van der Waals surface area contributed by atoms with Crippen molar-refractivity contribution < 1.29 is 38.0 Å². The lowest BCUT2D eigenvalue weighted by molar-refractivity contribution is -0.129. The molecule has 2 aliphatic heterocycles. The molecule has 0 saturated carbocycles. The zero-order chi connectivity index (χ0) is 36.5. The van der Waals surface area contributed by atoms with Crippen LogP contribution in [0.2, 0.25) is 0 Å². The first kappa shape index (κ1) is 37.8. The van der Waals surface area contributed by atoms with Gasteiger partial charge in [0.2, 0.25) is 17.8 Å². The first-order chi connectivity index (χ1) is 24.7. The Hall–Kier alpha value is -4.45. The number of rotatable bonds is 17. The standard InChI is InChI=1S/C34H48FN9O7/c1-40-12-13-43(22-27(40)45)31-29-28(37-34(39-31)44(16-19-50-4)21-23-6-7-25(32(46)47)26(35)20-23)30(41-10-8-24(51-5)9-11-41)38-33(36-29)42(14-17-48-2)15-18-49-3/h6-7,20,24H,8-19,21-22H2,1-5H3,(H,46,47). The van der Waals surface area contributed by atoms with E-state index in [4.69, 9.17) is 38.9 Å². The predicted molar refractivity (Wildman–Crippen MR) is 189 cm³/mol. The molecule has 0 radical (unpaired) electrons. The molecule has 0 atom stereocenters. The van der Waals surface area contributed by atoms with Gasteiger partial charge in [-0.1, -0.05) is 6.07 Å². The highest BCUT2D eigenvalue weighted by molar-refractivity contribution is 5.96. The summed E-state index contributed by atoms with van der Waals surface area (Å²) in [6.07, 6.45) is 1.72. The number of carboxylic acids is 1. The maximum Gasteiger partial charge on any atom is 0.338 e. The van der Waals surface area contributed by atoms with Crippen LogP contribution in [0.15, 0.2) is 18.2 Å². The number of hydrogen-bond acceptors (Lipinski definition) is 14. The highest BCUT2D eigenvalue weighted by atomic mass is 19.1. The summed E-state index contributed by atoms with van der Waals surface area (Å²) in [5.41, 5.74) is 1.11. The number of anilines is 4. The molecule has 2 saturated heterocycles. The summed E-state index contributed by atoms with van der Waals surface area (Å²) in [7, 11) is 8.36. The number of piperidine rings is 1.